The second-order valence-electron chi connectivity index (χ2n) is 10.7. The van der Waals surface area contributed by atoms with Crippen molar-refractivity contribution in [2.75, 3.05) is 54.1 Å². The van der Waals surface area contributed by atoms with Crippen molar-refractivity contribution in [1.82, 2.24) is 4.90 Å². The van der Waals surface area contributed by atoms with E-state index in [1.54, 1.807) is 7.05 Å². The summed E-state index contributed by atoms with van der Waals surface area (Å²) in [6, 6.07) is 0. The third-order valence-electron chi connectivity index (χ3n) is 6.59. The largest absolute Gasteiger partial charge is 0.756 e. The lowest BCUT2D eigenvalue weighted by atomic mass is 10.0. The summed E-state index contributed by atoms with van der Waals surface area (Å²) in [6.45, 7) is 5.08. The van der Waals surface area contributed by atoms with Gasteiger partial charge in [-0.05, 0) is 6.42 Å². The molecule has 0 aromatic rings. The van der Waals surface area contributed by atoms with Gasteiger partial charge in [-0.15, -0.1) is 0 Å². The van der Waals surface area contributed by atoms with Crippen LogP contribution in [0.15, 0.2) is 0 Å². The molecular formula is C28H59N2O6P. The Morgan fingerprint density at radius 2 is 1.30 bits per heavy atom. The van der Waals surface area contributed by atoms with Crippen molar-refractivity contribution < 1.29 is 32.9 Å². The van der Waals surface area contributed by atoms with Crippen LogP contribution < -0.4 is 9.79 Å². The Hall–Kier alpha value is -0.500. The van der Waals surface area contributed by atoms with E-state index in [4.69, 9.17) is 13.8 Å². The van der Waals surface area contributed by atoms with E-state index in [9.17, 15) is 14.3 Å². The highest BCUT2D eigenvalue weighted by Crippen LogP contribution is 2.39. The minimum atomic E-state index is -4.47. The van der Waals surface area contributed by atoms with Crippen LogP contribution in [0.1, 0.15) is 117 Å². The fraction of sp³-hybridized carbons (Fsp3) is 0.964. The lowest BCUT2D eigenvalue weighted by Crippen LogP contribution is -3.06. The van der Waals surface area contributed by atoms with E-state index in [1.165, 1.54) is 102 Å². The molecule has 0 spiro atoms. The van der Waals surface area contributed by atoms with E-state index < -0.39 is 13.9 Å². The quantitative estimate of drug-likeness (QED) is 0.117. The molecule has 37 heavy (non-hydrogen) atoms. The van der Waals surface area contributed by atoms with E-state index in [0.717, 1.165) is 17.7 Å². The maximum Gasteiger partial charge on any atom is 0.268 e. The first kappa shape index (κ1) is 36.5. The summed E-state index contributed by atoms with van der Waals surface area (Å²) >= 11 is 0. The third kappa shape index (κ3) is 25.5. The average Bonchev–Trinajstić information content (AvgIpc) is 2.82. The molecule has 2 atom stereocenters. The van der Waals surface area contributed by atoms with Gasteiger partial charge in [0, 0.05) is 27.1 Å². The van der Waals surface area contributed by atoms with Gasteiger partial charge in [0.25, 0.3) is 7.82 Å². The van der Waals surface area contributed by atoms with Crippen molar-refractivity contribution in [1.29, 1.82) is 0 Å². The molecule has 0 heterocycles. The van der Waals surface area contributed by atoms with Gasteiger partial charge in [0.05, 0.1) is 20.7 Å². The van der Waals surface area contributed by atoms with Crippen LogP contribution in [0.3, 0.4) is 0 Å². The molecular weight excluding hydrogens is 491 g/mol. The molecule has 0 radical (unpaired) electrons. The van der Waals surface area contributed by atoms with Crippen LogP contribution in [0.2, 0.25) is 0 Å². The standard InChI is InChI=1S/C28H59N2O6P/c1-6-7-8-9-10-11-12-13-14-15-16-17-18-19-20-21-23-34-26-28(25-30(5)27(2)31)36-37(32,33)35-24-22-29(3)4/h28H,6-26H2,1-5H3,(H,32,33). The Balaban J connectivity index is 3.85. The molecule has 0 aliphatic rings. The van der Waals surface area contributed by atoms with Crippen molar-refractivity contribution in [2.24, 2.45) is 0 Å². The molecule has 0 aromatic heterocycles. The Morgan fingerprint density at radius 3 is 1.73 bits per heavy atom. The molecule has 1 amide bonds. The Morgan fingerprint density at radius 1 is 0.838 bits per heavy atom. The highest BCUT2D eigenvalue weighted by molar-refractivity contribution is 7.45. The molecule has 1 N–H and O–H groups in total. The highest BCUT2D eigenvalue weighted by atomic mass is 31.2. The monoisotopic (exact) mass is 550 g/mol. The maximum absolute atomic E-state index is 12.2. The minimum absolute atomic E-state index is 0.0540. The van der Waals surface area contributed by atoms with Crippen LogP contribution in [0.4, 0.5) is 0 Å². The van der Waals surface area contributed by atoms with Gasteiger partial charge in [-0.3, -0.25) is 9.36 Å². The molecule has 0 saturated carbocycles. The van der Waals surface area contributed by atoms with Crippen LogP contribution >= 0.6 is 7.82 Å². The van der Waals surface area contributed by atoms with E-state index in [-0.39, 0.29) is 25.7 Å². The average molecular weight is 551 g/mol. The maximum atomic E-state index is 12.2. The third-order valence-corrected chi connectivity index (χ3v) is 7.65. The normalized spacial score (nSPS) is 14.1. The van der Waals surface area contributed by atoms with Gasteiger partial charge in [-0.1, -0.05) is 103 Å². The summed E-state index contributed by atoms with van der Waals surface area (Å²) in [4.78, 5) is 26.3. The Bertz CT molecular complexity index is 579. The number of amides is 1. The van der Waals surface area contributed by atoms with E-state index in [2.05, 4.69) is 6.92 Å². The lowest BCUT2D eigenvalue weighted by molar-refractivity contribution is -0.858. The first-order valence-corrected chi connectivity index (χ1v) is 16.4. The summed E-state index contributed by atoms with van der Waals surface area (Å²) in [5.74, 6) is -0.163. The van der Waals surface area contributed by atoms with E-state index >= 15 is 0 Å². The first-order valence-electron chi connectivity index (χ1n) is 14.9. The van der Waals surface area contributed by atoms with Gasteiger partial charge in [0.1, 0.15) is 19.3 Å². The molecule has 2 unspecified atom stereocenters. The van der Waals surface area contributed by atoms with Gasteiger partial charge in [-0.2, -0.15) is 0 Å². The van der Waals surface area contributed by atoms with Crippen LogP contribution in [0.5, 0.6) is 0 Å². The van der Waals surface area contributed by atoms with Crippen LogP contribution in [-0.4, -0.2) is 71.0 Å². The summed E-state index contributed by atoms with van der Waals surface area (Å²) in [7, 11) is 0.973. The van der Waals surface area contributed by atoms with Gasteiger partial charge >= 0.3 is 0 Å². The number of rotatable bonds is 27. The summed E-state index contributed by atoms with van der Waals surface area (Å²) < 4.78 is 28.1. The van der Waals surface area contributed by atoms with Gasteiger partial charge in [-0.25, -0.2) is 0 Å². The van der Waals surface area contributed by atoms with Gasteiger partial charge in [0.2, 0.25) is 5.91 Å². The number of phosphoric ester groups is 1. The Labute approximate surface area is 228 Å². The first-order chi connectivity index (χ1) is 17.7. The van der Waals surface area contributed by atoms with E-state index in [1.807, 2.05) is 14.1 Å². The van der Waals surface area contributed by atoms with Crippen molar-refractivity contribution >= 4 is 13.7 Å². The number of carbonyl (C=O) groups excluding carboxylic acids is 1. The number of ether oxygens (including phenoxy) is 1. The number of nitrogens with zero attached hydrogens (tertiary/aromatic N) is 1. The predicted molar refractivity (Wildman–Crippen MR) is 150 cm³/mol. The number of carbonyl (C=O) groups is 1. The summed E-state index contributed by atoms with van der Waals surface area (Å²) in [5, 5.41) is 0. The number of hydrogen-bond donors (Lipinski definition) is 1. The van der Waals surface area contributed by atoms with Gasteiger partial charge in [0.15, 0.2) is 0 Å². The number of likely N-dealkylation sites (N-methyl/N-ethyl adjacent to an activating group) is 2. The highest BCUT2D eigenvalue weighted by Gasteiger charge is 2.21. The van der Waals surface area contributed by atoms with Crippen molar-refractivity contribution in [2.45, 2.75) is 123 Å². The lowest BCUT2D eigenvalue weighted by Gasteiger charge is -2.30. The zero-order valence-electron chi connectivity index (χ0n) is 24.8. The molecule has 0 saturated heterocycles. The number of quaternary nitrogens is 1. The zero-order valence-corrected chi connectivity index (χ0v) is 25.7. The van der Waals surface area contributed by atoms with E-state index in [0.29, 0.717) is 13.2 Å². The smallest absolute Gasteiger partial charge is 0.268 e. The predicted octanol–water partition coefficient (Wildman–Crippen LogP) is 4.76. The second-order valence-corrected chi connectivity index (χ2v) is 12.1. The van der Waals surface area contributed by atoms with Gasteiger partial charge < -0.3 is 28.5 Å². The number of nitrogens with one attached hydrogen (secondary N) is 1. The SMILES string of the molecule is CCCCCCCCCCCCCCCCCCOCC(CN(C)C(C)=O)OP(=O)([O-])OCC[NH+](C)C. The molecule has 0 rings (SSSR count). The minimum Gasteiger partial charge on any atom is -0.756 e. The Kier molecular flexibility index (Phi) is 24.2. The molecule has 0 aliphatic heterocycles. The fourth-order valence-electron chi connectivity index (χ4n) is 4.09. The number of hydrogen-bond acceptors (Lipinski definition) is 6. The molecule has 8 nitrogen and oxygen atoms in total. The fourth-order valence-corrected chi connectivity index (χ4v) is 4.96. The molecule has 0 aromatic carbocycles. The molecule has 222 valence electrons. The van der Waals surface area contributed by atoms with Crippen LogP contribution in [0.25, 0.3) is 0 Å². The summed E-state index contributed by atoms with van der Waals surface area (Å²) in [6.07, 6.45) is 20.3. The molecule has 0 bridgehead atoms. The number of unbranched alkanes of at least 4 members (excludes halogenated alkanes) is 15. The molecule has 0 aliphatic carbocycles. The molecule has 9 heteroatoms. The van der Waals surface area contributed by atoms with Crippen LogP contribution in [0, 0.1) is 0 Å². The zero-order chi connectivity index (χ0) is 27.8. The second kappa shape index (κ2) is 24.5. The van der Waals surface area contributed by atoms with Crippen molar-refractivity contribution in [3.8, 4) is 0 Å². The molecule has 0 fully saturated rings. The van der Waals surface area contributed by atoms with Crippen molar-refractivity contribution in [3.05, 3.63) is 0 Å². The number of phosphoric acid groups is 1. The topological polar surface area (TPSA) is 92.6 Å². The van der Waals surface area contributed by atoms with Crippen molar-refractivity contribution in [3.63, 3.8) is 0 Å². The van der Waals surface area contributed by atoms with Crippen LogP contribution in [-0.2, 0) is 23.1 Å². The summed E-state index contributed by atoms with van der Waals surface area (Å²) in [5.41, 5.74) is 0.